The van der Waals surface area contributed by atoms with Crippen LogP contribution in [0.4, 0.5) is 0 Å². The van der Waals surface area contributed by atoms with E-state index in [9.17, 15) is 4.79 Å². The van der Waals surface area contributed by atoms with Crippen LogP contribution in [0.3, 0.4) is 0 Å². The van der Waals surface area contributed by atoms with E-state index in [1.165, 1.54) is 0 Å². The van der Waals surface area contributed by atoms with Gasteiger partial charge in [0.2, 0.25) is 0 Å². The molecular weight excluding hydrogens is 296 g/mol. The van der Waals surface area contributed by atoms with Crippen molar-refractivity contribution in [2.24, 2.45) is 0 Å². The van der Waals surface area contributed by atoms with Crippen LogP contribution >= 0.6 is 11.3 Å². The number of likely N-dealkylation sites (tertiary alicyclic amines) is 1. The fourth-order valence-electron chi connectivity index (χ4n) is 2.94. The van der Waals surface area contributed by atoms with Crippen LogP contribution in [0.25, 0.3) is 0 Å². The van der Waals surface area contributed by atoms with Gasteiger partial charge < -0.3 is 9.64 Å². The Labute approximate surface area is 134 Å². The van der Waals surface area contributed by atoms with Crippen molar-refractivity contribution in [2.45, 2.75) is 25.4 Å². The van der Waals surface area contributed by atoms with Crippen LogP contribution in [0, 0.1) is 0 Å². The van der Waals surface area contributed by atoms with Gasteiger partial charge in [-0.1, -0.05) is 12.1 Å². The van der Waals surface area contributed by atoms with Crippen molar-refractivity contribution >= 4 is 17.2 Å². The van der Waals surface area contributed by atoms with Crippen molar-refractivity contribution in [3.8, 4) is 0 Å². The Balaban J connectivity index is 1.72. The summed E-state index contributed by atoms with van der Waals surface area (Å²) in [5.74, 6) is 0.485. The number of hydrogen-bond acceptors (Lipinski definition) is 4. The van der Waals surface area contributed by atoms with Crippen LogP contribution in [0.1, 0.15) is 39.7 Å². The Morgan fingerprint density at radius 2 is 2.41 bits per heavy atom. The van der Waals surface area contributed by atoms with Crippen LogP contribution in [-0.4, -0.2) is 36.0 Å². The number of hydrogen-bond donors (Lipinski definition) is 0. The molecule has 1 saturated heterocycles. The number of carbonyl (C=O) groups excluding carboxylic acids is 1. The molecule has 0 bridgehead atoms. The Morgan fingerprint density at radius 3 is 3.18 bits per heavy atom. The predicted molar refractivity (Wildman–Crippen MR) is 87.1 cm³/mol. The van der Waals surface area contributed by atoms with Gasteiger partial charge in [0, 0.05) is 43.3 Å². The molecule has 116 valence electrons. The quantitative estimate of drug-likeness (QED) is 0.869. The second-order valence-corrected chi connectivity index (χ2v) is 6.52. The molecule has 3 rings (SSSR count). The first-order valence-electron chi connectivity index (χ1n) is 7.54. The minimum Gasteiger partial charge on any atom is -0.380 e. The van der Waals surface area contributed by atoms with Gasteiger partial charge in [-0.25, -0.2) is 4.98 Å². The van der Waals surface area contributed by atoms with Crippen LogP contribution < -0.4 is 0 Å². The molecule has 1 amide bonds. The van der Waals surface area contributed by atoms with Gasteiger partial charge in [0.25, 0.3) is 5.91 Å². The maximum Gasteiger partial charge on any atom is 0.253 e. The summed E-state index contributed by atoms with van der Waals surface area (Å²) in [4.78, 5) is 19.1. The first-order chi connectivity index (χ1) is 10.8. The van der Waals surface area contributed by atoms with Crippen molar-refractivity contribution in [3.05, 3.63) is 52.0 Å². The number of aromatic nitrogens is 1. The molecule has 1 fully saturated rings. The molecule has 1 aliphatic rings. The van der Waals surface area contributed by atoms with E-state index in [4.69, 9.17) is 4.74 Å². The van der Waals surface area contributed by atoms with Crippen LogP contribution in [0.5, 0.6) is 0 Å². The highest BCUT2D eigenvalue weighted by molar-refractivity contribution is 7.09. The van der Waals surface area contributed by atoms with Crippen molar-refractivity contribution in [1.82, 2.24) is 9.88 Å². The monoisotopic (exact) mass is 316 g/mol. The maximum absolute atomic E-state index is 12.7. The number of amides is 1. The topological polar surface area (TPSA) is 42.4 Å². The van der Waals surface area contributed by atoms with E-state index in [0.717, 1.165) is 42.1 Å². The summed E-state index contributed by atoms with van der Waals surface area (Å²) in [6, 6.07) is 7.71. The zero-order chi connectivity index (χ0) is 15.4. The Kier molecular flexibility index (Phi) is 4.85. The lowest BCUT2D eigenvalue weighted by atomic mass is 9.98. The van der Waals surface area contributed by atoms with Crippen molar-refractivity contribution in [2.75, 3.05) is 20.2 Å². The lowest BCUT2D eigenvalue weighted by Crippen LogP contribution is -2.39. The highest BCUT2D eigenvalue weighted by atomic mass is 32.1. The average molecular weight is 316 g/mol. The number of methoxy groups -OCH3 is 1. The fourth-order valence-corrected chi connectivity index (χ4v) is 3.71. The number of thiazole rings is 1. The van der Waals surface area contributed by atoms with Gasteiger partial charge in [0.1, 0.15) is 0 Å². The minimum absolute atomic E-state index is 0.110. The largest absolute Gasteiger partial charge is 0.380 e. The number of rotatable bonds is 4. The van der Waals surface area contributed by atoms with Gasteiger partial charge in [-0.05, 0) is 30.5 Å². The van der Waals surface area contributed by atoms with Crippen LogP contribution in [-0.2, 0) is 11.3 Å². The number of ether oxygens (including phenoxy) is 1. The molecule has 22 heavy (non-hydrogen) atoms. The summed E-state index contributed by atoms with van der Waals surface area (Å²) in [7, 11) is 1.66. The molecule has 0 spiro atoms. The number of carbonyl (C=O) groups is 1. The molecular formula is C17H20N2O2S. The van der Waals surface area contributed by atoms with E-state index >= 15 is 0 Å². The Morgan fingerprint density at radius 1 is 1.50 bits per heavy atom. The smallest absolute Gasteiger partial charge is 0.253 e. The lowest BCUT2D eigenvalue weighted by Gasteiger charge is -2.32. The molecule has 0 radical (unpaired) electrons. The second kappa shape index (κ2) is 7.03. The first-order valence-corrected chi connectivity index (χ1v) is 8.42. The molecule has 1 aliphatic heterocycles. The maximum atomic E-state index is 12.7. The van der Waals surface area contributed by atoms with Gasteiger partial charge in [0.05, 0.1) is 11.6 Å². The number of nitrogens with zero attached hydrogens (tertiary/aromatic N) is 2. The SMILES string of the molecule is COCc1cccc(C(=O)N2CCC[C@H](c3nccs3)C2)c1. The summed E-state index contributed by atoms with van der Waals surface area (Å²) in [5.41, 5.74) is 1.77. The van der Waals surface area contributed by atoms with Crippen LogP contribution in [0.2, 0.25) is 0 Å². The Hall–Kier alpha value is -1.72. The molecule has 2 heterocycles. The number of piperidine rings is 1. The van der Waals surface area contributed by atoms with Gasteiger partial charge in [-0.3, -0.25) is 4.79 Å². The standard InChI is InChI=1S/C17H20N2O2S/c1-21-12-13-4-2-5-14(10-13)17(20)19-8-3-6-15(11-19)16-18-7-9-22-16/h2,4-5,7,9-10,15H,3,6,8,11-12H2,1H3/t15-/m0/s1. The third-order valence-corrected chi connectivity index (χ3v) is 4.93. The highest BCUT2D eigenvalue weighted by Gasteiger charge is 2.26. The van der Waals surface area contributed by atoms with Crippen molar-refractivity contribution in [1.29, 1.82) is 0 Å². The first kappa shape index (κ1) is 15.2. The average Bonchev–Trinajstić information content (AvgIpc) is 3.09. The zero-order valence-corrected chi connectivity index (χ0v) is 13.5. The van der Waals surface area contributed by atoms with E-state index in [0.29, 0.717) is 12.5 Å². The molecule has 0 N–H and O–H groups in total. The van der Waals surface area contributed by atoms with E-state index in [-0.39, 0.29) is 5.91 Å². The molecule has 0 aliphatic carbocycles. The third-order valence-electron chi connectivity index (χ3n) is 3.99. The third kappa shape index (κ3) is 3.36. The summed E-state index contributed by atoms with van der Waals surface area (Å²) in [6.45, 7) is 2.12. The van der Waals surface area contributed by atoms with Crippen molar-refractivity contribution in [3.63, 3.8) is 0 Å². The number of benzene rings is 1. The molecule has 4 nitrogen and oxygen atoms in total. The lowest BCUT2D eigenvalue weighted by molar-refractivity contribution is 0.0706. The zero-order valence-electron chi connectivity index (χ0n) is 12.7. The van der Waals surface area contributed by atoms with Gasteiger partial charge >= 0.3 is 0 Å². The summed E-state index contributed by atoms with van der Waals surface area (Å²) in [5, 5.41) is 3.15. The Bertz CT molecular complexity index is 627. The van der Waals surface area contributed by atoms with E-state index in [2.05, 4.69) is 4.98 Å². The molecule has 1 atom stereocenters. The normalized spacial score (nSPS) is 18.4. The summed E-state index contributed by atoms with van der Waals surface area (Å²) < 4.78 is 5.14. The molecule has 0 saturated carbocycles. The van der Waals surface area contributed by atoms with E-state index in [1.807, 2.05) is 40.7 Å². The molecule has 1 aromatic heterocycles. The molecule has 2 aromatic rings. The second-order valence-electron chi connectivity index (χ2n) is 5.59. The molecule has 5 heteroatoms. The summed E-state index contributed by atoms with van der Waals surface area (Å²) in [6.07, 6.45) is 3.99. The molecule has 0 unspecified atom stereocenters. The highest BCUT2D eigenvalue weighted by Crippen LogP contribution is 2.29. The predicted octanol–water partition coefficient (Wildman–Crippen LogP) is 3.31. The van der Waals surface area contributed by atoms with E-state index in [1.54, 1.807) is 18.4 Å². The fraction of sp³-hybridized carbons (Fsp3) is 0.412. The molecule has 1 aromatic carbocycles. The minimum atomic E-state index is 0.110. The van der Waals surface area contributed by atoms with Crippen LogP contribution in [0.15, 0.2) is 35.8 Å². The van der Waals surface area contributed by atoms with E-state index < -0.39 is 0 Å². The van der Waals surface area contributed by atoms with Gasteiger partial charge in [-0.2, -0.15) is 0 Å². The van der Waals surface area contributed by atoms with Crippen molar-refractivity contribution < 1.29 is 9.53 Å². The van der Waals surface area contributed by atoms with Gasteiger partial charge in [-0.15, -0.1) is 11.3 Å². The van der Waals surface area contributed by atoms with Gasteiger partial charge in [0.15, 0.2) is 0 Å². The summed E-state index contributed by atoms with van der Waals surface area (Å²) >= 11 is 1.68.